The number of sulfonamides is 1. The van der Waals surface area contributed by atoms with Crippen LogP contribution < -0.4 is 10.0 Å². The first kappa shape index (κ1) is 21.0. The summed E-state index contributed by atoms with van der Waals surface area (Å²) in [4.78, 5) is 12.6. The second-order valence-corrected chi connectivity index (χ2v) is 8.44. The zero-order chi connectivity index (χ0) is 20.2. The zero-order valence-electron chi connectivity index (χ0n) is 15.3. The molecule has 0 aliphatic rings. The van der Waals surface area contributed by atoms with E-state index in [1.165, 1.54) is 12.1 Å². The van der Waals surface area contributed by atoms with Gasteiger partial charge in [0.1, 0.15) is 17.7 Å². The monoisotopic (exact) mass is 396 g/mol. The molecule has 0 aliphatic carbocycles. The second-order valence-electron chi connectivity index (χ2n) is 6.73. The first-order valence-corrected chi connectivity index (χ1v) is 9.91. The van der Waals surface area contributed by atoms with Gasteiger partial charge in [0.25, 0.3) is 0 Å². The van der Waals surface area contributed by atoms with E-state index in [0.717, 1.165) is 17.7 Å². The normalized spacial score (nSPS) is 12.8. The summed E-state index contributed by atoms with van der Waals surface area (Å²) >= 11 is 0. The van der Waals surface area contributed by atoms with Crippen LogP contribution >= 0.6 is 0 Å². The van der Waals surface area contributed by atoms with Crippen LogP contribution in [0.3, 0.4) is 0 Å². The highest BCUT2D eigenvalue weighted by Gasteiger charge is 2.27. The number of aryl methyl sites for hydroxylation is 1. The first-order valence-electron chi connectivity index (χ1n) is 8.43. The maximum absolute atomic E-state index is 13.8. The SMILES string of the molecule is Cc1ccc(S(=O)(=O)N[C@@H](CC(C)C)C(=O)Nc2ccc(F)cc2F)cc1. The van der Waals surface area contributed by atoms with Crippen molar-refractivity contribution in [1.29, 1.82) is 0 Å². The molecule has 0 radical (unpaired) electrons. The molecular formula is C19H22F2N2O3S. The molecule has 0 saturated carbocycles. The third-order valence-electron chi connectivity index (χ3n) is 3.84. The summed E-state index contributed by atoms with van der Waals surface area (Å²) in [5.41, 5.74) is 0.682. The van der Waals surface area contributed by atoms with Crippen LogP contribution in [0.15, 0.2) is 47.4 Å². The highest BCUT2D eigenvalue weighted by molar-refractivity contribution is 7.89. The number of nitrogens with one attached hydrogen (secondary N) is 2. The average Bonchev–Trinajstić information content (AvgIpc) is 2.56. The maximum Gasteiger partial charge on any atom is 0.242 e. The van der Waals surface area contributed by atoms with E-state index in [1.807, 2.05) is 20.8 Å². The first-order chi connectivity index (χ1) is 12.6. The van der Waals surface area contributed by atoms with Crippen molar-refractivity contribution in [2.45, 2.75) is 38.1 Å². The minimum absolute atomic E-state index is 0.000433. The standard InChI is InChI=1S/C19H22F2N2O3S/c1-12(2)10-18(19(24)22-17-9-6-14(20)11-16(17)21)23-27(25,26)15-7-4-13(3)5-8-15/h4-9,11-12,18,23H,10H2,1-3H3,(H,22,24)/t18-/m0/s1. The van der Waals surface area contributed by atoms with E-state index in [0.29, 0.717) is 6.07 Å². The van der Waals surface area contributed by atoms with Crippen molar-refractivity contribution in [2.75, 3.05) is 5.32 Å². The highest BCUT2D eigenvalue weighted by atomic mass is 32.2. The summed E-state index contributed by atoms with van der Waals surface area (Å²) in [6.07, 6.45) is 0.208. The van der Waals surface area contributed by atoms with Crippen molar-refractivity contribution in [2.24, 2.45) is 5.92 Å². The number of hydrogen-bond donors (Lipinski definition) is 2. The van der Waals surface area contributed by atoms with Crippen molar-refractivity contribution in [1.82, 2.24) is 4.72 Å². The Hall–Kier alpha value is -2.32. The van der Waals surface area contributed by atoms with Gasteiger partial charge in [0.15, 0.2) is 0 Å². The lowest BCUT2D eigenvalue weighted by Crippen LogP contribution is -2.44. The van der Waals surface area contributed by atoms with Gasteiger partial charge in [-0.25, -0.2) is 17.2 Å². The fourth-order valence-electron chi connectivity index (χ4n) is 2.46. The van der Waals surface area contributed by atoms with Gasteiger partial charge in [-0.15, -0.1) is 0 Å². The molecule has 1 atom stereocenters. The molecule has 2 N–H and O–H groups in total. The number of anilines is 1. The molecule has 146 valence electrons. The molecule has 2 rings (SSSR count). The molecule has 27 heavy (non-hydrogen) atoms. The van der Waals surface area contributed by atoms with Crippen LogP contribution in [0.25, 0.3) is 0 Å². The van der Waals surface area contributed by atoms with Crippen LogP contribution in [-0.4, -0.2) is 20.4 Å². The number of amides is 1. The van der Waals surface area contributed by atoms with Crippen LogP contribution in [0.2, 0.25) is 0 Å². The number of benzene rings is 2. The van der Waals surface area contributed by atoms with Gasteiger partial charge in [-0.05, 0) is 43.5 Å². The molecule has 0 spiro atoms. The zero-order valence-corrected chi connectivity index (χ0v) is 16.1. The molecule has 1 amide bonds. The molecule has 0 bridgehead atoms. The quantitative estimate of drug-likeness (QED) is 0.751. The Morgan fingerprint density at radius 3 is 2.26 bits per heavy atom. The number of hydrogen-bond acceptors (Lipinski definition) is 3. The van der Waals surface area contributed by atoms with E-state index >= 15 is 0 Å². The fourth-order valence-corrected chi connectivity index (χ4v) is 3.67. The molecule has 0 saturated heterocycles. The summed E-state index contributed by atoms with van der Waals surface area (Å²) in [6, 6.07) is 7.82. The van der Waals surface area contributed by atoms with Crippen molar-refractivity contribution < 1.29 is 22.0 Å². The molecule has 0 unspecified atom stereocenters. The van der Waals surface area contributed by atoms with Gasteiger partial charge in [-0.3, -0.25) is 4.79 Å². The van der Waals surface area contributed by atoms with Gasteiger partial charge in [-0.1, -0.05) is 31.5 Å². The van der Waals surface area contributed by atoms with Gasteiger partial charge in [0, 0.05) is 6.07 Å². The number of carbonyl (C=O) groups excluding carboxylic acids is 1. The lowest BCUT2D eigenvalue weighted by Gasteiger charge is -2.20. The summed E-state index contributed by atoms with van der Waals surface area (Å²) in [5, 5.41) is 2.32. The number of rotatable bonds is 7. The Balaban J connectivity index is 2.23. The van der Waals surface area contributed by atoms with Crippen molar-refractivity contribution >= 4 is 21.6 Å². The minimum atomic E-state index is -3.94. The second kappa shape index (κ2) is 8.58. The van der Waals surface area contributed by atoms with E-state index in [-0.39, 0.29) is 22.9 Å². The van der Waals surface area contributed by atoms with Crippen molar-refractivity contribution in [3.05, 3.63) is 59.7 Å². The third kappa shape index (κ3) is 5.83. The van der Waals surface area contributed by atoms with Crippen LogP contribution in [0.5, 0.6) is 0 Å². The van der Waals surface area contributed by atoms with E-state index in [9.17, 15) is 22.0 Å². The highest BCUT2D eigenvalue weighted by Crippen LogP contribution is 2.18. The lowest BCUT2D eigenvalue weighted by molar-refractivity contribution is -0.118. The van der Waals surface area contributed by atoms with Gasteiger partial charge in [0.05, 0.1) is 10.6 Å². The summed E-state index contributed by atoms with van der Waals surface area (Å²) in [6.45, 7) is 5.49. The predicted molar refractivity (Wildman–Crippen MR) is 99.7 cm³/mol. The molecular weight excluding hydrogens is 374 g/mol. The van der Waals surface area contributed by atoms with Crippen molar-refractivity contribution in [3.8, 4) is 0 Å². The van der Waals surface area contributed by atoms with E-state index in [4.69, 9.17) is 0 Å². The predicted octanol–water partition coefficient (Wildman–Crippen LogP) is 3.60. The molecule has 2 aromatic rings. The lowest BCUT2D eigenvalue weighted by atomic mass is 10.0. The molecule has 2 aromatic carbocycles. The Labute approximate surface area is 157 Å². The molecule has 8 heteroatoms. The Morgan fingerprint density at radius 2 is 1.70 bits per heavy atom. The van der Waals surface area contributed by atoms with Crippen LogP contribution in [0, 0.1) is 24.5 Å². The van der Waals surface area contributed by atoms with Gasteiger partial charge in [-0.2, -0.15) is 4.72 Å². The van der Waals surface area contributed by atoms with E-state index in [1.54, 1.807) is 12.1 Å². The van der Waals surface area contributed by atoms with Gasteiger partial charge in [0.2, 0.25) is 15.9 Å². The Bertz CT molecular complexity index is 913. The largest absolute Gasteiger partial charge is 0.322 e. The third-order valence-corrected chi connectivity index (χ3v) is 5.33. The minimum Gasteiger partial charge on any atom is -0.322 e. The molecule has 5 nitrogen and oxygen atoms in total. The fraction of sp³-hybridized carbons (Fsp3) is 0.316. The summed E-state index contributed by atoms with van der Waals surface area (Å²) in [7, 11) is -3.94. The molecule has 0 heterocycles. The van der Waals surface area contributed by atoms with Crippen LogP contribution in [-0.2, 0) is 14.8 Å². The molecule has 0 aliphatic heterocycles. The van der Waals surface area contributed by atoms with Gasteiger partial charge < -0.3 is 5.32 Å². The number of carbonyl (C=O) groups is 1. The summed E-state index contributed by atoms with van der Waals surface area (Å²) < 4.78 is 54.3. The van der Waals surface area contributed by atoms with E-state index < -0.39 is 33.6 Å². The molecule has 0 fully saturated rings. The maximum atomic E-state index is 13.8. The van der Waals surface area contributed by atoms with Gasteiger partial charge >= 0.3 is 0 Å². The van der Waals surface area contributed by atoms with Crippen LogP contribution in [0.1, 0.15) is 25.8 Å². The Morgan fingerprint density at radius 1 is 1.07 bits per heavy atom. The van der Waals surface area contributed by atoms with E-state index in [2.05, 4.69) is 10.0 Å². The topological polar surface area (TPSA) is 75.3 Å². The van der Waals surface area contributed by atoms with Crippen LogP contribution in [0.4, 0.5) is 14.5 Å². The Kier molecular flexibility index (Phi) is 6.67. The summed E-state index contributed by atoms with van der Waals surface area (Å²) in [5.74, 6) is -2.43. The molecule has 0 aromatic heterocycles. The number of halogens is 2. The van der Waals surface area contributed by atoms with Crippen molar-refractivity contribution in [3.63, 3.8) is 0 Å². The smallest absolute Gasteiger partial charge is 0.242 e. The average molecular weight is 396 g/mol.